The van der Waals surface area contributed by atoms with Crippen LogP contribution in [0.15, 0.2) is 140 Å². The summed E-state index contributed by atoms with van der Waals surface area (Å²) in [6.07, 6.45) is 1.93. The molecule has 5 nitrogen and oxygen atoms in total. The highest BCUT2D eigenvalue weighted by Crippen LogP contribution is 2.49. The smallest absolute Gasteiger partial charge is 0.137 e. The van der Waals surface area contributed by atoms with Crippen molar-refractivity contribution in [2.45, 2.75) is 112 Å². The molecule has 326 valence electrons. The number of anilines is 4. The predicted octanol–water partition coefficient (Wildman–Crippen LogP) is 16.1. The molecule has 2 aromatic heterocycles. The van der Waals surface area contributed by atoms with Crippen LogP contribution in [0.2, 0.25) is 0 Å². The van der Waals surface area contributed by atoms with Gasteiger partial charge in [0.25, 0.3) is 0 Å². The van der Waals surface area contributed by atoms with E-state index < -0.39 is 0 Å². The summed E-state index contributed by atoms with van der Waals surface area (Å²) in [4.78, 5) is 9.93. The first-order valence-corrected chi connectivity index (χ1v) is 22.9. The maximum Gasteiger partial charge on any atom is 0.137 e. The van der Waals surface area contributed by atoms with Crippen molar-refractivity contribution in [2.24, 2.45) is 0 Å². The van der Waals surface area contributed by atoms with Crippen molar-refractivity contribution < 1.29 is 4.74 Å². The second-order valence-electron chi connectivity index (χ2n) is 21.7. The third-order valence-corrected chi connectivity index (χ3v) is 13.6. The van der Waals surface area contributed by atoms with Crippen LogP contribution in [0.3, 0.4) is 0 Å². The van der Waals surface area contributed by atoms with Crippen LogP contribution in [0.1, 0.15) is 115 Å². The highest BCUT2D eigenvalue weighted by atomic mass is 16.5. The second kappa shape index (κ2) is 15.4. The monoisotopic (exact) mass is 845 g/mol. The molecule has 6 aromatic carbocycles. The molecule has 1 aliphatic heterocycles. The van der Waals surface area contributed by atoms with Crippen LogP contribution in [0.25, 0.3) is 27.6 Å². The lowest BCUT2D eigenvalue weighted by Gasteiger charge is -2.30. The highest BCUT2D eigenvalue weighted by Gasteiger charge is 2.33. The lowest BCUT2D eigenvalue weighted by Crippen LogP contribution is -2.26. The van der Waals surface area contributed by atoms with Gasteiger partial charge in [0.1, 0.15) is 24.0 Å². The Balaban J connectivity index is 1.20. The van der Waals surface area contributed by atoms with Crippen molar-refractivity contribution in [3.8, 4) is 17.3 Å². The van der Waals surface area contributed by atoms with Crippen molar-refractivity contribution in [3.63, 3.8) is 0 Å². The van der Waals surface area contributed by atoms with Crippen molar-refractivity contribution in [1.82, 2.24) is 9.55 Å². The van der Waals surface area contributed by atoms with Gasteiger partial charge in [0.15, 0.2) is 0 Å². The molecule has 0 fully saturated rings. The number of fused-ring (bicyclic) bond motifs is 4. The first-order chi connectivity index (χ1) is 30.2. The maximum atomic E-state index is 7.10. The van der Waals surface area contributed by atoms with Crippen molar-refractivity contribution in [3.05, 3.63) is 179 Å². The molecule has 64 heavy (non-hydrogen) atoms. The first kappa shape index (κ1) is 42.9. The molecule has 0 radical (unpaired) electrons. The van der Waals surface area contributed by atoms with Gasteiger partial charge >= 0.3 is 0 Å². The lowest BCUT2D eigenvalue weighted by molar-refractivity contribution is 0.480. The summed E-state index contributed by atoms with van der Waals surface area (Å²) >= 11 is 0. The summed E-state index contributed by atoms with van der Waals surface area (Å²) in [6.45, 7) is 30.4. The normalized spacial score (nSPS) is 13.6. The molecule has 0 spiro atoms. The summed E-state index contributed by atoms with van der Waals surface area (Å²) in [5, 5.41) is 2.35. The van der Waals surface area contributed by atoms with E-state index in [9.17, 15) is 0 Å². The summed E-state index contributed by atoms with van der Waals surface area (Å²) in [5.74, 6) is 2.46. The molecule has 0 atom stereocenters. The number of rotatable bonds is 7. The second-order valence-corrected chi connectivity index (χ2v) is 21.7. The fourth-order valence-electron chi connectivity index (χ4n) is 9.17. The van der Waals surface area contributed by atoms with Crippen LogP contribution >= 0.6 is 0 Å². The van der Waals surface area contributed by atoms with Gasteiger partial charge in [-0.25, -0.2) is 4.98 Å². The highest BCUT2D eigenvalue weighted by molar-refractivity contribution is 6.09. The topological polar surface area (TPSA) is 33.5 Å². The van der Waals surface area contributed by atoms with E-state index in [1.54, 1.807) is 0 Å². The number of ether oxygens (including phenoxy) is 1. The molecule has 0 aliphatic carbocycles. The number of para-hydroxylation sites is 1. The molecular weight excluding hydrogens is 781 g/mol. The van der Waals surface area contributed by atoms with Crippen LogP contribution in [-0.4, -0.2) is 16.2 Å². The quantitative estimate of drug-likeness (QED) is 0.160. The Bertz CT molecular complexity index is 3030. The Hall–Kier alpha value is -6.33. The molecule has 9 rings (SSSR count). The van der Waals surface area contributed by atoms with E-state index in [-0.39, 0.29) is 21.7 Å². The number of nitrogens with zero attached hydrogens (tertiary/aromatic N) is 4. The Morgan fingerprint density at radius 2 is 1.02 bits per heavy atom. The van der Waals surface area contributed by atoms with Crippen molar-refractivity contribution >= 4 is 44.6 Å². The standard InChI is InChI=1S/C59H64N4O/c1-38-27-53-54(28-39(38)2)62(37-61(53)45-30-42(57(6,7)8)29-43(31-45)58(9,10)11)46-32-44(59(12,13)40-19-15-14-16-20-40)33-48(35-46)64-47-23-24-50-49-21-17-18-22-51(49)63(52(50)36-47)55-34-41(25-26-60-55)56(3,4)5/h14-36H,37H2,1-13H3. The molecular formula is C59H64N4O. The van der Waals surface area contributed by atoms with Crippen LogP contribution in [0.4, 0.5) is 22.7 Å². The third kappa shape index (κ3) is 7.84. The van der Waals surface area contributed by atoms with Gasteiger partial charge in [-0.15, -0.1) is 0 Å². The number of hydrogen-bond acceptors (Lipinski definition) is 4. The maximum absolute atomic E-state index is 7.10. The van der Waals surface area contributed by atoms with Gasteiger partial charge in [0, 0.05) is 45.9 Å². The zero-order chi connectivity index (χ0) is 45.5. The minimum Gasteiger partial charge on any atom is -0.457 e. The molecule has 0 N–H and O–H groups in total. The lowest BCUT2D eigenvalue weighted by atomic mass is 9.78. The van der Waals surface area contributed by atoms with Crippen LogP contribution in [0.5, 0.6) is 11.5 Å². The Morgan fingerprint density at radius 1 is 0.453 bits per heavy atom. The number of aryl methyl sites for hydroxylation is 2. The molecule has 1 aliphatic rings. The Labute approximate surface area is 381 Å². The fraction of sp³-hybridized carbons (Fsp3) is 0.305. The van der Waals surface area contributed by atoms with Gasteiger partial charge in [-0.1, -0.05) is 131 Å². The van der Waals surface area contributed by atoms with Gasteiger partial charge in [0.05, 0.1) is 22.4 Å². The number of pyridine rings is 1. The van der Waals surface area contributed by atoms with E-state index in [0.717, 1.165) is 39.4 Å². The van der Waals surface area contributed by atoms with Gasteiger partial charge in [-0.3, -0.25) is 4.57 Å². The van der Waals surface area contributed by atoms with Gasteiger partial charge in [-0.2, -0.15) is 0 Å². The number of benzene rings is 6. The van der Waals surface area contributed by atoms with E-state index in [4.69, 9.17) is 9.72 Å². The van der Waals surface area contributed by atoms with Gasteiger partial charge < -0.3 is 14.5 Å². The fourth-order valence-corrected chi connectivity index (χ4v) is 9.17. The molecule has 0 bridgehead atoms. The minimum absolute atomic E-state index is 0.00457. The molecule has 0 unspecified atom stereocenters. The average molecular weight is 845 g/mol. The summed E-state index contributed by atoms with van der Waals surface area (Å²) < 4.78 is 9.38. The van der Waals surface area contributed by atoms with Gasteiger partial charge in [-0.05, 0) is 136 Å². The summed E-state index contributed by atoms with van der Waals surface area (Å²) in [6, 6.07) is 49.1. The Morgan fingerprint density at radius 3 is 1.64 bits per heavy atom. The van der Waals surface area contributed by atoms with Gasteiger partial charge in [0.2, 0.25) is 0 Å². The first-order valence-electron chi connectivity index (χ1n) is 22.9. The molecule has 8 aromatic rings. The van der Waals surface area contributed by atoms with E-state index in [0.29, 0.717) is 6.67 Å². The van der Waals surface area contributed by atoms with Crippen LogP contribution < -0.4 is 14.5 Å². The van der Waals surface area contributed by atoms with E-state index >= 15 is 0 Å². The van der Waals surface area contributed by atoms with Crippen LogP contribution in [0, 0.1) is 13.8 Å². The van der Waals surface area contributed by atoms with Crippen molar-refractivity contribution in [1.29, 1.82) is 0 Å². The summed E-state index contributed by atoms with van der Waals surface area (Å²) in [5.41, 5.74) is 15.4. The molecule has 0 saturated heterocycles. The SMILES string of the molecule is Cc1cc2c(cc1C)N(c1cc(Oc3ccc4c5ccccc5n(-c5cc(C(C)(C)C)ccn5)c4c3)cc(C(C)(C)c3ccccc3)c1)CN2c1cc(C(C)(C)C)cc(C(C)(C)C)c1. The minimum atomic E-state index is -0.316. The third-order valence-electron chi connectivity index (χ3n) is 13.6. The van der Waals surface area contributed by atoms with E-state index in [2.05, 4.69) is 238 Å². The molecule has 0 amide bonds. The van der Waals surface area contributed by atoms with E-state index in [1.807, 2.05) is 6.20 Å². The zero-order valence-corrected chi connectivity index (χ0v) is 40.2. The van der Waals surface area contributed by atoms with Crippen LogP contribution in [-0.2, 0) is 21.7 Å². The predicted molar refractivity (Wildman–Crippen MR) is 271 cm³/mol. The molecule has 3 heterocycles. The van der Waals surface area contributed by atoms with E-state index in [1.165, 1.54) is 61.4 Å². The largest absolute Gasteiger partial charge is 0.457 e. The molecule has 0 saturated carbocycles. The Kier molecular flexibility index (Phi) is 10.4. The zero-order valence-electron chi connectivity index (χ0n) is 40.2. The number of hydrogen-bond donors (Lipinski definition) is 0. The summed E-state index contributed by atoms with van der Waals surface area (Å²) in [7, 11) is 0. The number of aromatic nitrogens is 2. The van der Waals surface area contributed by atoms with Crippen molar-refractivity contribution in [2.75, 3.05) is 16.5 Å². The average Bonchev–Trinajstić information content (AvgIpc) is 3.78. The molecule has 5 heteroatoms.